The zero-order valence-corrected chi connectivity index (χ0v) is 7.18. The molecule has 1 aromatic rings. The van der Waals surface area contributed by atoms with E-state index >= 15 is 0 Å². The summed E-state index contributed by atoms with van der Waals surface area (Å²) >= 11 is 0. The average Bonchev–Trinajstić information content (AvgIpc) is 2.19. The largest absolute Gasteiger partial charge is 0.494 e. The summed E-state index contributed by atoms with van der Waals surface area (Å²) < 4.78 is 63.7. The van der Waals surface area contributed by atoms with Crippen molar-refractivity contribution in [1.29, 1.82) is 0 Å². The van der Waals surface area contributed by atoms with Crippen molar-refractivity contribution in [2.24, 2.45) is 0 Å². The highest BCUT2D eigenvalue weighted by Gasteiger charge is 2.20. The Balaban J connectivity index is 3.27. The second-order valence-electron chi connectivity index (χ2n) is 2.65. The molecule has 0 aliphatic heterocycles. The Morgan fingerprint density at radius 3 is 2.67 bits per heavy atom. The molecule has 0 heterocycles. The van der Waals surface area contributed by atoms with Crippen molar-refractivity contribution in [1.82, 2.24) is 0 Å². The van der Waals surface area contributed by atoms with Crippen LogP contribution < -0.4 is 4.74 Å². The lowest BCUT2D eigenvalue weighted by atomic mass is 10.1. The Morgan fingerprint density at radius 2 is 2.13 bits per heavy atom. The van der Waals surface area contributed by atoms with Crippen LogP contribution in [0.1, 0.15) is 9.68 Å². The fourth-order valence-corrected chi connectivity index (χ4v) is 0.996. The lowest BCUT2D eigenvalue weighted by molar-refractivity contribution is -0.136. The van der Waals surface area contributed by atoms with E-state index in [1.54, 1.807) is 0 Å². The molecule has 3 nitrogen and oxygen atoms in total. The molecule has 0 aliphatic carbocycles. The molecule has 0 unspecified atom stereocenters. The predicted octanol–water partition coefficient (Wildman–Crippen LogP) is 1.74. The average molecular weight is 223 g/mol. The van der Waals surface area contributed by atoms with Gasteiger partial charge in [0, 0.05) is 5.56 Å². The van der Waals surface area contributed by atoms with Gasteiger partial charge in [-0.2, -0.15) is 4.39 Å². The van der Waals surface area contributed by atoms with Crippen LogP contribution in [0.5, 0.6) is 5.75 Å². The minimum Gasteiger partial charge on any atom is -0.494 e. The van der Waals surface area contributed by atoms with Crippen molar-refractivity contribution < 1.29 is 31.9 Å². The van der Waals surface area contributed by atoms with Crippen molar-refractivity contribution in [3.8, 4) is 5.75 Å². The van der Waals surface area contributed by atoms with E-state index in [1.807, 2.05) is 0 Å². The van der Waals surface area contributed by atoms with Gasteiger partial charge in [0.15, 0.2) is 17.4 Å². The summed E-state index contributed by atoms with van der Waals surface area (Å²) in [5, 5.41) is 8.44. The predicted molar refractivity (Wildman–Crippen MR) is 44.2 cm³/mol. The third-order valence-electron chi connectivity index (χ3n) is 1.64. The highest BCUT2D eigenvalue weighted by molar-refractivity contribution is 5.70. The van der Waals surface area contributed by atoms with Crippen LogP contribution in [0.25, 0.3) is 0 Å². The van der Waals surface area contributed by atoms with Gasteiger partial charge in [-0.05, 0) is 6.07 Å². The Hall–Kier alpha value is -1.72. The maximum atomic E-state index is 13.2. The third kappa shape index (κ3) is 2.20. The lowest BCUT2D eigenvalue weighted by Gasteiger charge is -2.07. The van der Waals surface area contributed by atoms with E-state index in [0.717, 1.165) is 0 Å². The molecule has 0 aromatic heterocycles. The highest BCUT2D eigenvalue weighted by Crippen LogP contribution is 2.25. The highest BCUT2D eigenvalue weighted by atomic mass is 19.2. The summed E-state index contributed by atoms with van der Waals surface area (Å²) in [5.74, 6) is -8.04. The molecule has 82 valence electrons. The van der Waals surface area contributed by atoms with Crippen molar-refractivity contribution in [3.05, 3.63) is 29.1 Å². The molecule has 0 radical (unpaired) electrons. The van der Waals surface area contributed by atoms with Crippen molar-refractivity contribution in [2.75, 3.05) is 7.04 Å². The van der Waals surface area contributed by atoms with E-state index in [0.29, 0.717) is 6.07 Å². The van der Waals surface area contributed by atoms with Crippen molar-refractivity contribution in [2.45, 2.75) is 6.42 Å². The molecule has 0 fully saturated rings. The number of halogens is 3. The molecule has 0 spiro atoms. The summed E-state index contributed by atoms with van der Waals surface area (Å²) in [7, 11) is -3.06. The monoisotopic (exact) mass is 223 g/mol. The summed E-state index contributed by atoms with van der Waals surface area (Å²) in [6.45, 7) is 0. The van der Waals surface area contributed by atoms with Gasteiger partial charge in [0.1, 0.15) is 0 Å². The Labute approximate surface area is 87.3 Å². The van der Waals surface area contributed by atoms with E-state index in [2.05, 4.69) is 4.74 Å². The third-order valence-corrected chi connectivity index (χ3v) is 1.64. The van der Waals surface area contributed by atoms with Crippen LogP contribution in [0, 0.1) is 17.5 Å². The second-order valence-corrected chi connectivity index (χ2v) is 2.65. The van der Waals surface area contributed by atoms with Gasteiger partial charge >= 0.3 is 5.97 Å². The van der Waals surface area contributed by atoms with Gasteiger partial charge in [-0.3, -0.25) is 4.79 Å². The molecule has 15 heavy (non-hydrogen) atoms. The summed E-state index contributed by atoms with van der Waals surface area (Å²) in [6.07, 6.45) is -0.930. The van der Waals surface area contributed by atoms with E-state index < -0.39 is 48.2 Å². The number of carbonyl (C=O) groups is 1. The number of ether oxygens (including phenoxy) is 1. The van der Waals surface area contributed by atoms with E-state index in [1.165, 1.54) is 0 Å². The second kappa shape index (κ2) is 4.20. The van der Waals surface area contributed by atoms with Crippen LogP contribution in [0.3, 0.4) is 0 Å². The lowest BCUT2D eigenvalue weighted by Crippen LogP contribution is -2.06. The number of rotatable bonds is 3. The van der Waals surface area contributed by atoms with Crippen LogP contribution in [-0.2, 0) is 11.2 Å². The SMILES string of the molecule is [2H]C([2H])([2H])Oc1cc(CC(=O)O)c(F)c(F)c1F. The van der Waals surface area contributed by atoms with Gasteiger partial charge in [-0.15, -0.1) is 0 Å². The Morgan fingerprint density at radius 1 is 1.47 bits per heavy atom. The number of carboxylic acid groups (broad SMARTS) is 1. The van der Waals surface area contributed by atoms with Crippen LogP contribution in [0.2, 0.25) is 0 Å². The first-order chi connectivity index (χ1) is 8.11. The van der Waals surface area contributed by atoms with Gasteiger partial charge in [-0.1, -0.05) is 0 Å². The maximum absolute atomic E-state index is 13.2. The molecule has 0 amide bonds. The van der Waals surface area contributed by atoms with Crippen LogP contribution in [0.15, 0.2) is 6.07 Å². The van der Waals surface area contributed by atoms with E-state index in [9.17, 15) is 18.0 Å². The molecule has 0 bridgehead atoms. The first-order valence-electron chi connectivity index (χ1n) is 5.19. The van der Waals surface area contributed by atoms with Gasteiger partial charge < -0.3 is 9.84 Å². The number of benzene rings is 1. The minimum atomic E-state index is -3.06. The number of methoxy groups -OCH3 is 1. The number of hydrogen-bond acceptors (Lipinski definition) is 2. The van der Waals surface area contributed by atoms with Gasteiger partial charge in [0.2, 0.25) is 5.82 Å². The first kappa shape index (κ1) is 7.56. The fourth-order valence-electron chi connectivity index (χ4n) is 0.996. The van der Waals surface area contributed by atoms with Crippen molar-refractivity contribution >= 4 is 5.97 Å². The Bertz CT molecular complexity index is 488. The molecule has 1 N–H and O–H groups in total. The molecule has 0 atom stereocenters. The minimum absolute atomic E-state index is 0.508. The standard InChI is InChI=1S/C9H7F3O3/c1-15-5-2-4(3-6(13)14)7(10)9(12)8(5)11/h2H,3H2,1H3,(H,13,14)/i1D3. The van der Waals surface area contributed by atoms with Gasteiger partial charge in [-0.25, -0.2) is 8.78 Å². The molecule has 1 aromatic carbocycles. The van der Waals surface area contributed by atoms with Crippen LogP contribution in [0.4, 0.5) is 13.2 Å². The van der Waals surface area contributed by atoms with E-state index in [4.69, 9.17) is 9.22 Å². The molecule has 1 rings (SSSR count). The number of aliphatic carboxylic acids is 1. The smallest absolute Gasteiger partial charge is 0.307 e. The summed E-state index contributed by atoms with van der Waals surface area (Å²) in [4.78, 5) is 10.4. The summed E-state index contributed by atoms with van der Waals surface area (Å²) in [5.41, 5.74) is -0.708. The fraction of sp³-hybridized carbons (Fsp3) is 0.222. The van der Waals surface area contributed by atoms with Gasteiger partial charge in [0.05, 0.1) is 17.6 Å². The topological polar surface area (TPSA) is 46.5 Å². The van der Waals surface area contributed by atoms with Crippen LogP contribution in [-0.4, -0.2) is 18.1 Å². The molecule has 0 aliphatic rings. The number of carboxylic acids is 1. The number of hydrogen-bond donors (Lipinski definition) is 1. The summed E-state index contributed by atoms with van der Waals surface area (Å²) in [6, 6.07) is 0.508. The molecular weight excluding hydrogens is 213 g/mol. The zero-order chi connectivity index (χ0) is 14.1. The Kier molecular flexibility index (Phi) is 2.12. The normalized spacial score (nSPS) is 13.9. The zero-order valence-electron chi connectivity index (χ0n) is 10.2. The molecule has 0 saturated heterocycles. The van der Waals surface area contributed by atoms with Gasteiger partial charge in [0.25, 0.3) is 0 Å². The molecule has 0 saturated carbocycles. The quantitative estimate of drug-likeness (QED) is 0.794. The molecule has 6 heteroatoms. The molecular formula is C9H7F3O3. The van der Waals surface area contributed by atoms with E-state index in [-0.39, 0.29) is 0 Å². The van der Waals surface area contributed by atoms with Crippen molar-refractivity contribution in [3.63, 3.8) is 0 Å². The first-order valence-corrected chi connectivity index (χ1v) is 3.69. The maximum Gasteiger partial charge on any atom is 0.307 e. The van der Waals surface area contributed by atoms with Crippen LogP contribution >= 0.6 is 0 Å².